The zero-order valence-corrected chi connectivity index (χ0v) is 3.81. The van der Waals surface area contributed by atoms with Crippen molar-refractivity contribution >= 4 is 11.6 Å². The molecule has 0 aliphatic heterocycles. The van der Waals surface area contributed by atoms with Gasteiger partial charge in [0.25, 0.3) is 0 Å². The first-order chi connectivity index (χ1) is 2.77. The molecule has 0 radical (unpaired) electrons. The second kappa shape index (κ2) is 3.36. The molecule has 0 fully saturated rings. The van der Waals surface area contributed by atoms with Crippen molar-refractivity contribution in [2.45, 2.75) is 6.41 Å². The highest BCUT2D eigenvalue weighted by atomic mass is 35.5. The Morgan fingerprint density at radius 3 is 2.17 bits per heavy atom. The van der Waals surface area contributed by atoms with Crippen LogP contribution in [0.1, 0.15) is 0 Å². The van der Waals surface area contributed by atoms with Crippen LogP contribution in [0.25, 0.3) is 0 Å². The van der Waals surface area contributed by atoms with Crippen molar-refractivity contribution in [3.05, 3.63) is 0 Å². The smallest absolute Gasteiger partial charge is 0.211 e. The minimum Gasteiger partial charge on any atom is -0.356 e. The standard InChI is InChI=1S/C2H6ClNO2/c3-1-4-2(5)6/h2,4-6H,1H2. The third kappa shape index (κ3) is 4.17. The van der Waals surface area contributed by atoms with Crippen LogP contribution in [0.2, 0.25) is 0 Å². The van der Waals surface area contributed by atoms with E-state index >= 15 is 0 Å². The molecule has 0 aromatic heterocycles. The van der Waals surface area contributed by atoms with E-state index in [1.54, 1.807) is 0 Å². The first kappa shape index (κ1) is 6.17. The molecular weight excluding hydrogens is 105 g/mol. The van der Waals surface area contributed by atoms with E-state index in [0.29, 0.717) is 0 Å². The van der Waals surface area contributed by atoms with Crippen molar-refractivity contribution in [1.82, 2.24) is 5.32 Å². The summed E-state index contributed by atoms with van der Waals surface area (Å²) < 4.78 is 0. The van der Waals surface area contributed by atoms with Crippen LogP contribution >= 0.6 is 11.6 Å². The molecule has 0 aromatic carbocycles. The Hall–Kier alpha value is 0.170. The number of alkyl halides is 1. The summed E-state index contributed by atoms with van der Waals surface area (Å²) in [5.74, 6) is 0. The van der Waals surface area contributed by atoms with Gasteiger partial charge in [-0.05, 0) is 0 Å². The predicted octanol–water partition coefficient (Wildman–Crippen LogP) is -0.960. The molecule has 0 atom stereocenters. The zero-order valence-electron chi connectivity index (χ0n) is 3.06. The fraction of sp³-hybridized carbons (Fsp3) is 1.00. The van der Waals surface area contributed by atoms with Crippen LogP contribution in [0.5, 0.6) is 0 Å². The lowest BCUT2D eigenvalue weighted by molar-refractivity contribution is -0.0617. The van der Waals surface area contributed by atoms with Crippen LogP contribution in [-0.2, 0) is 0 Å². The van der Waals surface area contributed by atoms with Crippen LogP contribution < -0.4 is 5.32 Å². The fourth-order valence-corrected chi connectivity index (χ4v) is 0.207. The van der Waals surface area contributed by atoms with Gasteiger partial charge in [-0.25, -0.2) is 0 Å². The summed E-state index contributed by atoms with van der Waals surface area (Å²) in [6.07, 6.45) is -1.48. The SMILES string of the molecule is OC(O)NCCl. The first-order valence-corrected chi connectivity index (χ1v) is 1.96. The molecule has 0 heterocycles. The lowest BCUT2D eigenvalue weighted by Crippen LogP contribution is -2.26. The Balaban J connectivity index is 2.63. The molecule has 0 rings (SSSR count). The van der Waals surface area contributed by atoms with Crippen LogP contribution in [0.3, 0.4) is 0 Å². The normalized spacial score (nSPS) is 10.0. The Bertz CT molecular complexity index is 32.7. The van der Waals surface area contributed by atoms with Gasteiger partial charge in [0.1, 0.15) is 0 Å². The lowest BCUT2D eigenvalue weighted by atomic mass is 11.1. The molecule has 0 aliphatic rings. The minimum absolute atomic E-state index is 0.0532. The van der Waals surface area contributed by atoms with Crippen LogP contribution in [0, 0.1) is 0 Å². The van der Waals surface area contributed by atoms with Gasteiger partial charge in [-0.2, -0.15) is 0 Å². The van der Waals surface area contributed by atoms with Crippen molar-refractivity contribution in [2.75, 3.05) is 6.00 Å². The molecule has 0 aliphatic carbocycles. The molecular formula is C2H6ClNO2. The number of hydrogen-bond donors (Lipinski definition) is 3. The van der Waals surface area contributed by atoms with Gasteiger partial charge in [-0.15, -0.1) is 11.6 Å². The third-order valence-electron chi connectivity index (χ3n) is 0.260. The van der Waals surface area contributed by atoms with Crippen molar-refractivity contribution in [3.63, 3.8) is 0 Å². The van der Waals surface area contributed by atoms with Crippen LogP contribution in [-0.4, -0.2) is 22.6 Å². The van der Waals surface area contributed by atoms with Crippen molar-refractivity contribution in [3.8, 4) is 0 Å². The summed E-state index contributed by atoms with van der Waals surface area (Å²) in [6, 6.07) is 0.0532. The van der Waals surface area contributed by atoms with E-state index in [4.69, 9.17) is 21.8 Å². The van der Waals surface area contributed by atoms with Gasteiger partial charge in [0.15, 0.2) is 0 Å². The van der Waals surface area contributed by atoms with Gasteiger partial charge in [0, 0.05) is 0 Å². The summed E-state index contributed by atoms with van der Waals surface area (Å²) in [5, 5.41) is 17.9. The summed E-state index contributed by atoms with van der Waals surface area (Å²) >= 11 is 4.97. The number of rotatable bonds is 2. The second-order valence-electron chi connectivity index (χ2n) is 0.711. The van der Waals surface area contributed by atoms with Gasteiger partial charge in [-0.1, -0.05) is 0 Å². The van der Waals surface area contributed by atoms with E-state index in [2.05, 4.69) is 5.32 Å². The Morgan fingerprint density at radius 1 is 1.67 bits per heavy atom. The molecule has 0 unspecified atom stereocenters. The summed E-state index contributed by atoms with van der Waals surface area (Å²) in [4.78, 5) is 0. The van der Waals surface area contributed by atoms with Crippen molar-refractivity contribution in [2.24, 2.45) is 0 Å². The van der Waals surface area contributed by atoms with Gasteiger partial charge in [-0.3, -0.25) is 5.32 Å². The van der Waals surface area contributed by atoms with Crippen molar-refractivity contribution in [1.29, 1.82) is 0 Å². The van der Waals surface area contributed by atoms with E-state index in [0.717, 1.165) is 0 Å². The molecule has 0 amide bonds. The number of nitrogens with one attached hydrogen (secondary N) is 1. The maximum atomic E-state index is 7.91. The highest BCUT2D eigenvalue weighted by Crippen LogP contribution is 1.67. The molecule has 3 N–H and O–H groups in total. The van der Waals surface area contributed by atoms with E-state index in [1.807, 2.05) is 0 Å². The van der Waals surface area contributed by atoms with Crippen LogP contribution in [0.15, 0.2) is 0 Å². The molecule has 0 aromatic rings. The van der Waals surface area contributed by atoms with E-state index in [9.17, 15) is 0 Å². The van der Waals surface area contributed by atoms with Gasteiger partial charge < -0.3 is 10.2 Å². The third-order valence-corrected chi connectivity index (χ3v) is 0.414. The van der Waals surface area contributed by atoms with Crippen LogP contribution in [0.4, 0.5) is 0 Å². The summed E-state index contributed by atoms with van der Waals surface area (Å²) in [6.45, 7) is 0. The summed E-state index contributed by atoms with van der Waals surface area (Å²) in [5.41, 5.74) is 0. The number of aliphatic hydroxyl groups is 2. The number of halogens is 1. The highest BCUT2D eigenvalue weighted by Gasteiger charge is 1.86. The van der Waals surface area contributed by atoms with E-state index in [-0.39, 0.29) is 6.00 Å². The molecule has 6 heavy (non-hydrogen) atoms. The quantitative estimate of drug-likeness (QED) is 0.244. The molecule has 0 saturated carbocycles. The van der Waals surface area contributed by atoms with E-state index < -0.39 is 6.41 Å². The molecule has 3 nitrogen and oxygen atoms in total. The Kier molecular flexibility index (Phi) is 3.46. The number of hydrogen-bond acceptors (Lipinski definition) is 3. The minimum atomic E-state index is -1.48. The maximum absolute atomic E-state index is 7.91. The van der Waals surface area contributed by atoms with Crippen molar-refractivity contribution < 1.29 is 10.2 Å². The fourth-order valence-electron chi connectivity index (χ4n) is 0.0690. The molecule has 0 bridgehead atoms. The Morgan fingerprint density at radius 2 is 2.17 bits per heavy atom. The van der Waals surface area contributed by atoms with E-state index in [1.165, 1.54) is 0 Å². The first-order valence-electron chi connectivity index (χ1n) is 1.43. The molecule has 4 heteroatoms. The monoisotopic (exact) mass is 111 g/mol. The predicted molar refractivity (Wildman–Crippen MR) is 22.1 cm³/mol. The largest absolute Gasteiger partial charge is 0.356 e. The average molecular weight is 112 g/mol. The number of aliphatic hydroxyl groups excluding tert-OH is 1. The maximum Gasteiger partial charge on any atom is 0.211 e. The molecule has 0 saturated heterocycles. The summed E-state index contributed by atoms with van der Waals surface area (Å²) in [7, 11) is 0. The zero-order chi connectivity index (χ0) is 4.99. The van der Waals surface area contributed by atoms with Gasteiger partial charge in [0.05, 0.1) is 6.00 Å². The Labute approximate surface area is 40.5 Å². The molecule has 38 valence electrons. The molecule has 0 spiro atoms. The van der Waals surface area contributed by atoms with Gasteiger partial charge >= 0.3 is 0 Å². The lowest BCUT2D eigenvalue weighted by Gasteiger charge is -1.97. The van der Waals surface area contributed by atoms with Gasteiger partial charge in [0.2, 0.25) is 6.41 Å². The average Bonchev–Trinajstić information content (AvgIpc) is 1.35. The second-order valence-corrected chi connectivity index (χ2v) is 0.979. The topological polar surface area (TPSA) is 52.5 Å². The highest BCUT2D eigenvalue weighted by molar-refractivity contribution is 6.17.